The Balaban J connectivity index is 1.61. The first-order valence-electron chi connectivity index (χ1n) is 7.09. The second-order valence-corrected chi connectivity index (χ2v) is 4.85. The standard InChI is InChI=1S/C16H18N4O/c1-2-6-13(7-3-1)16(14-8-5-11-21-14)17-10-4-9-15-18-12-19-20-15/h1-3,5-8,11-12,16-17H,4,9-10H2,(H,18,19,20). The Labute approximate surface area is 123 Å². The predicted molar refractivity (Wildman–Crippen MR) is 79.7 cm³/mol. The van der Waals surface area contributed by atoms with Crippen LogP contribution in [0.15, 0.2) is 59.5 Å². The van der Waals surface area contributed by atoms with Crippen LogP contribution < -0.4 is 5.32 Å². The Morgan fingerprint density at radius 3 is 2.76 bits per heavy atom. The highest BCUT2D eigenvalue weighted by atomic mass is 16.3. The number of H-pyrrole nitrogens is 1. The van der Waals surface area contributed by atoms with E-state index in [0.29, 0.717) is 0 Å². The molecule has 21 heavy (non-hydrogen) atoms. The molecule has 0 aliphatic heterocycles. The fraction of sp³-hybridized carbons (Fsp3) is 0.250. The predicted octanol–water partition coefficient (Wildman–Crippen LogP) is 2.71. The molecule has 0 radical (unpaired) electrons. The first-order chi connectivity index (χ1) is 10.4. The summed E-state index contributed by atoms with van der Waals surface area (Å²) in [5.41, 5.74) is 1.20. The third-order valence-corrected chi connectivity index (χ3v) is 3.36. The molecule has 0 amide bonds. The van der Waals surface area contributed by atoms with Crippen LogP contribution in [-0.4, -0.2) is 21.7 Å². The average Bonchev–Trinajstić information content (AvgIpc) is 3.21. The Morgan fingerprint density at radius 2 is 2.05 bits per heavy atom. The number of furan rings is 1. The Hall–Kier alpha value is -2.40. The smallest absolute Gasteiger partial charge is 0.137 e. The van der Waals surface area contributed by atoms with Gasteiger partial charge in [-0.3, -0.25) is 5.10 Å². The maximum atomic E-state index is 5.56. The summed E-state index contributed by atoms with van der Waals surface area (Å²) in [5.74, 6) is 1.85. The van der Waals surface area contributed by atoms with Gasteiger partial charge in [0.15, 0.2) is 0 Å². The first kappa shape index (κ1) is 13.6. The fourth-order valence-electron chi connectivity index (χ4n) is 2.34. The van der Waals surface area contributed by atoms with E-state index in [-0.39, 0.29) is 6.04 Å². The van der Waals surface area contributed by atoms with Crippen molar-refractivity contribution < 1.29 is 4.42 Å². The summed E-state index contributed by atoms with van der Waals surface area (Å²) < 4.78 is 5.56. The second-order valence-electron chi connectivity index (χ2n) is 4.85. The van der Waals surface area contributed by atoms with Gasteiger partial charge in [-0.25, -0.2) is 4.98 Å². The van der Waals surface area contributed by atoms with Gasteiger partial charge in [0.25, 0.3) is 0 Å². The number of rotatable bonds is 7. The summed E-state index contributed by atoms with van der Waals surface area (Å²) in [6, 6.07) is 14.3. The number of hydrogen-bond donors (Lipinski definition) is 2. The van der Waals surface area contributed by atoms with Gasteiger partial charge in [-0.15, -0.1) is 0 Å². The average molecular weight is 282 g/mol. The molecule has 2 N–H and O–H groups in total. The van der Waals surface area contributed by atoms with Crippen LogP contribution in [0.25, 0.3) is 0 Å². The third-order valence-electron chi connectivity index (χ3n) is 3.36. The second kappa shape index (κ2) is 6.85. The highest BCUT2D eigenvalue weighted by Crippen LogP contribution is 2.22. The van der Waals surface area contributed by atoms with Gasteiger partial charge in [-0.05, 0) is 30.7 Å². The largest absolute Gasteiger partial charge is 0.467 e. The zero-order chi connectivity index (χ0) is 14.3. The molecule has 108 valence electrons. The molecule has 5 heteroatoms. The number of benzene rings is 1. The monoisotopic (exact) mass is 282 g/mol. The molecule has 1 atom stereocenters. The topological polar surface area (TPSA) is 66.7 Å². The minimum atomic E-state index is 0.0796. The van der Waals surface area contributed by atoms with E-state index < -0.39 is 0 Å². The van der Waals surface area contributed by atoms with Crippen molar-refractivity contribution >= 4 is 0 Å². The normalized spacial score (nSPS) is 12.4. The number of aromatic amines is 1. The van der Waals surface area contributed by atoms with E-state index in [9.17, 15) is 0 Å². The van der Waals surface area contributed by atoms with Gasteiger partial charge in [0.05, 0.1) is 12.3 Å². The Bertz CT molecular complexity index is 620. The van der Waals surface area contributed by atoms with Crippen molar-refractivity contribution in [1.82, 2.24) is 20.5 Å². The summed E-state index contributed by atoms with van der Waals surface area (Å²) in [7, 11) is 0. The molecule has 0 aliphatic rings. The highest BCUT2D eigenvalue weighted by Gasteiger charge is 2.15. The molecule has 3 aromatic rings. The number of aromatic nitrogens is 3. The molecule has 0 spiro atoms. The minimum absolute atomic E-state index is 0.0796. The lowest BCUT2D eigenvalue weighted by Crippen LogP contribution is -2.23. The van der Waals surface area contributed by atoms with E-state index >= 15 is 0 Å². The fourth-order valence-corrected chi connectivity index (χ4v) is 2.34. The van der Waals surface area contributed by atoms with Crippen molar-refractivity contribution in [2.24, 2.45) is 0 Å². The molecule has 3 rings (SSSR count). The molecular weight excluding hydrogens is 264 g/mol. The van der Waals surface area contributed by atoms with Crippen LogP contribution in [0.2, 0.25) is 0 Å². The van der Waals surface area contributed by atoms with Crippen molar-refractivity contribution in [3.63, 3.8) is 0 Å². The molecule has 1 aromatic carbocycles. The molecule has 0 bridgehead atoms. The van der Waals surface area contributed by atoms with Gasteiger partial charge in [0.2, 0.25) is 0 Å². The third kappa shape index (κ3) is 3.58. The van der Waals surface area contributed by atoms with Crippen LogP contribution in [0.1, 0.15) is 29.6 Å². The minimum Gasteiger partial charge on any atom is -0.467 e. The van der Waals surface area contributed by atoms with Crippen LogP contribution in [0.5, 0.6) is 0 Å². The van der Waals surface area contributed by atoms with Crippen molar-refractivity contribution in [3.05, 3.63) is 72.2 Å². The molecule has 1 unspecified atom stereocenters. The van der Waals surface area contributed by atoms with E-state index in [4.69, 9.17) is 4.42 Å². The van der Waals surface area contributed by atoms with Crippen LogP contribution >= 0.6 is 0 Å². The van der Waals surface area contributed by atoms with Crippen LogP contribution in [0.4, 0.5) is 0 Å². The summed E-state index contributed by atoms with van der Waals surface area (Å²) in [6.45, 7) is 0.876. The van der Waals surface area contributed by atoms with Gasteiger partial charge in [-0.1, -0.05) is 30.3 Å². The maximum absolute atomic E-state index is 5.56. The van der Waals surface area contributed by atoms with E-state index in [1.54, 1.807) is 12.6 Å². The molecule has 2 heterocycles. The van der Waals surface area contributed by atoms with Crippen LogP contribution in [0.3, 0.4) is 0 Å². The lowest BCUT2D eigenvalue weighted by molar-refractivity contribution is 0.444. The summed E-state index contributed by atoms with van der Waals surface area (Å²) >= 11 is 0. The van der Waals surface area contributed by atoms with Crippen molar-refractivity contribution in [3.8, 4) is 0 Å². The summed E-state index contributed by atoms with van der Waals surface area (Å²) in [4.78, 5) is 4.13. The molecule has 0 saturated heterocycles. The van der Waals surface area contributed by atoms with E-state index in [1.165, 1.54) is 5.56 Å². The van der Waals surface area contributed by atoms with E-state index in [1.807, 2.05) is 30.3 Å². The lowest BCUT2D eigenvalue weighted by Gasteiger charge is -2.17. The van der Waals surface area contributed by atoms with Gasteiger partial charge in [0.1, 0.15) is 17.9 Å². The molecule has 0 saturated carbocycles. The molecule has 2 aromatic heterocycles. The van der Waals surface area contributed by atoms with Gasteiger partial charge in [0, 0.05) is 6.42 Å². The summed E-state index contributed by atoms with van der Waals surface area (Å²) in [5, 5.41) is 10.3. The van der Waals surface area contributed by atoms with Gasteiger partial charge >= 0.3 is 0 Å². The van der Waals surface area contributed by atoms with Gasteiger partial charge < -0.3 is 9.73 Å². The van der Waals surface area contributed by atoms with Crippen molar-refractivity contribution in [1.29, 1.82) is 0 Å². The van der Waals surface area contributed by atoms with Crippen LogP contribution in [-0.2, 0) is 6.42 Å². The highest BCUT2D eigenvalue weighted by molar-refractivity contribution is 5.26. The Kier molecular flexibility index (Phi) is 4.43. The number of nitrogens with zero attached hydrogens (tertiary/aromatic N) is 2. The number of hydrogen-bond acceptors (Lipinski definition) is 4. The van der Waals surface area contributed by atoms with E-state index in [0.717, 1.165) is 31.0 Å². The van der Waals surface area contributed by atoms with Crippen molar-refractivity contribution in [2.45, 2.75) is 18.9 Å². The maximum Gasteiger partial charge on any atom is 0.137 e. The quantitative estimate of drug-likeness (QED) is 0.654. The molecule has 5 nitrogen and oxygen atoms in total. The first-order valence-corrected chi connectivity index (χ1v) is 7.09. The molecular formula is C16H18N4O. The number of aryl methyl sites for hydroxylation is 1. The molecule has 0 aliphatic carbocycles. The zero-order valence-corrected chi connectivity index (χ0v) is 11.7. The van der Waals surface area contributed by atoms with Crippen molar-refractivity contribution in [2.75, 3.05) is 6.54 Å². The summed E-state index contributed by atoms with van der Waals surface area (Å²) in [6.07, 6.45) is 5.12. The number of nitrogens with one attached hydrogen (secondary N) is 2. The Morgan fingerprint density at radius 1 is 1.14 bits per heavy atom. The zero-order valence-electron chi connectivity index (χ0n) is 11.7. The lowest BCUT2D eigenvalue weighted by atomic mass is 10.0. The van der Waals surface area contributed by atoms with E-state index in [2.05, 4.69) is 32.6 Å². The van der Waals surface area contributed by atoms with Gasteiger partial charge in [-0.2, -0.15) is 5.10 Å². The SMILES string of the molecule is c1ccc(C(NCCCc2ncn[nH]2)c2ccco2)cc1. The molecule has 0 fully saturated rings. The van der Waals surface area contributed by atoms with Crippen LogP contribution in [0, 0.1) is 0 Å².